The summed E-state index contributed by atoms with van der Waals surface area (Å²) in [7, 11) is 0. The van der Waals surface area contributed by atoms with Crippen molar-refractivity contribution < 1.29 is 5.11 Å². The molecule has 2 saturated heterocycles. The highest BCUT2D eigenvalue weighted by Crippen LogP contribution is 2.24. The maximum absolute atomic E-state index is 9.89. The molecule has 10 heavy (non-hydrogen) atoms. The second kappa shape index (κ2) is 2.19. The smallest absolute Gasteiger partial charge is 0.0936 e. The molecule has 0 amide bonds. The number of fused-ring (bicyclic) bond motifs is 1. The van der Waals surface area contributed by atoms with E-state index in [-0.39, 0.29) is 0 Å². The van der Waals surface area contributed by atoms with E-state index in [9.17, 15) is 5.11 Å². The minimum absolute atomic E-state index is 0.355. The minimum atomic E-state index is -0.432. The first kappa shape index (κ1) is 6.58. The van der Waals surface area contributed by atoms with Crippen LogP contribution in [0.25, 0.3) is 0 Å². The van der Waals surface area contributed by atoms with Crippen molar-refractivity contribution in [1.29, 1.82) is 0 Å². The number of rotatable bonds is 0. The van der Waals surface area contributed by atoms with Gasteiger partial charge in [0.05, 0.1) is 5.60 Å². The first-order valence-corrected chi connectivity index (χ1v) is 3.98. The Morgan fingerprint density at radius 3 is 3.10 bits per heavy atom. The predicted molar refractivity (Wildman–Crippen MR) is 38.8 cm³/mol. The Labute approximate surface area is 60.8 Å². The molecule has 0 radical (unpaired) electrons. The van der Waals surface area contributed by atoms with Crippen LogP contribution >= 0.6 is 0 Å². The molecule has 0 aromatic carbocycles. The summed E-state index contributed by atoms with van der Waals surface area (Å²) in [5.41, 5.74) is -0.432. The predicted octanol–water partition coefficient (Wildman–Crippen LogP) is -0.927. The molecule has 3 nitrogen and oxygen atoms in total. The highest BCUT2D eigenvalue weighted by molar-refractivity contribution is 5.01. The highest BCUT2D eigenvalue weighted by atomic mass is 16.3. The molecule has 2 heterocycles. The first-order chi connectivity index (χ1) is 4.81. The second-order valence-corrected chi connectivity index (χ2v) is 3.33. The molecule has 0 spiro atoms. The molecule has 3 heteroatoms. The Bertz CT molecular complexity index is 140. The van der Waals surface area contributed by atoms with Gasteiger partial charge in [-0.15, -0.1) is 0 Å². The normalized spacial score (nSPS) is 47.1. The minimum Gasteiger partial charge on any atom is -0.387 e. The Morgan fingerprint density at radius 1 is 1.40 bits per heavy atom. The topological polar surface area (TPSA) is 44.3 Å². The van der Waals surface area contributed by atoms with Crippen LogP contribution in [0.15, 0.2) is 0 Å². The number of nitrogens with one attached hydrogen (secondary N) is 2. The SMILES string of the molecule is OC12CCNC1CCNC2. The number of aliphatic hydroxyl groups is 1. The molecule has 2 fully saturated rings. The van der Waals surface area contributed by atoms with Gasteiger partial charge in [-0.25, -0.2) is 0 Å². The third kappa shape index (κ3) is 0.856. The molecule has 0 bridgehead atoms. The van der Waals surface area contributed by atoms with Crippen molar-refractivity contribution in [3.8, 4) is 0 Å². The maximum Gasteiger partial charge on any atom is 0.0936 e. The van der Waals surface area contributed by atoms with E-state index in [2.05, 4.69) is 10.6 Å². The van der Waals surface area contributed by atoms with Gasteiger partial charge in [-0.1, -0.05) is 0 Å². The lowest BCUT2D eigenvalue weighted by molar-refractivity contribution is 0.0117. The molecule has 0 aromatic heterocycles. The quantitative estimate of drug-likeness (QED) is 0.409. The molecule has 2 rings (SSSR count). The molecule has 0 saturated carbocycles. The zero-order chi connectivity index (χ0) is 7.03. The van der Waals surface area contributed by atoms with Crippen LogP contribution < -0.4 is 10.6 Å². The summed E-state index contributed by atoms with van der Waals surface area (Å²) >= 11 is 0. The molecule has 58 valence electrons. The summed E-state index contributed by atoms with van der Waals surface area (Å²) in [5.74, 6) is 0. The average Bonchev–Trinajstić information content (AvgIpc) is 2.29. The Morgan fingerprint density at radius 2 is 2.30 bits per heavy atom. The van der Waals surface area contributed by atoms with Gasteiger partial charge in [-0.2, -0.15) is 0 Å². The molecular weight excluding hydrogens is 128 g/mol. The summed E-state index contributed by atoms with van der Waals surface area (Å²) in [6.07, 6.45) is 1.97. The number of hydrogen-bond donors (Lipinski definition) is 3. The molecular formula is C7H14N2O. The van der Waals surface area contributed by atoms with Crippen LogP contribution in [-0.2, 0) is 0 Å². The fraction of sp³-hybridized carbons (Fsp3) is 1.00. The summed E-state index contributed by atoms with van der Waals surface area (Å²) in [6, 6.07) is 0.355. The zero-order valence-corrected chi connectivity index (χ0v) is 6.06. The number of β-amino-alcohol motifs (C(OH)–C–C–N with tert-alkyl or cyclic N) is 1. The molecule has 0 aromatic rings. The molecule has 2 unspecified atom stereocenters. The van der Waals surface area contributed by atoms with E-state index in [4.69, 9.17) is 0 Å². The average molecular weight is 142 g/mol. The maximum atomic E-state index is 9.89. The van der Waals surface area contributed by atoms with Gasteiger partial charge < -0.3 is 15.7 Å². The van der Waals surface area contributed by atoms with E-state index in [1.165, 1.54) is 0 Å². The van der Waals surface area contributed by atoms with Crippen LogP contribution in [0.3, 0.4) is 0 Å². The van der Waals surface area contributed by atoms with Gasteiger partial charge in [0, 0.05) is 12.6 Å². The lowest BCUT2D eigenvalue weighted by Gasteiger charge is -2.34. The van der Waals surface area contributed by atoms with Gasteiger partial charge >= 0.3 is 0 Å². The van der Waals surface area contributed by atoms with Crippen molar-refractivity contribution >= 4 is 0 Å². The summed E-state index contributed by atoms with van der Waals surface area (Å²) in [6.45, 7) is 2.79. The van der Waals surface area contributed by atoms with Crippen molar-refractivity contribution in [2.75, 3.05) is 19.6 Å². The number of piperidine rings is 1. The van der Waals surface area contributed by atoms with Gasteiger partial charge in [0.25, 0.3) is 0 Å². The van der Waals surface area contributed by atoms with E-state index in [1.807, 2.05) is 0 Å². The Balaban J connectivity index is 2.10. The van der Waals surface area contributed by atoms with Crippen LogP contribution in [0.1, 0.15) is 12.8 Å². The monoisotopic (exact) mass is 142 g/mol. The van der Waals surface area contributed by atoms with E-state index in [0.29, 0.717) is 6.04 Å². The number of hydrogen-bond acceptors (Lipinski definition) is 3. The zero-order valence-electron chi connectivity index (χ0n) is 6.06. The van der Waals surface area contributed by atoms with E-state index in [0.717, 1.165) is 32.5 Å². The van der Waals surface area contributed by atoms with Gasteiger partial charge in [-0.3, -0.25) is 0 Å². The fourth-order valence-corrected chi connectivity index (χ4v) is 1.96. The standard InChI is InChI=1S/C7H14N2O/c10-7-2-4-9-6(7)1-3-8-5-7/h6,8-10H,1-5H2. The molecule has 2 atom stereocenters. The summed E-state index contributed by atoms with van der Waals surface area (Å²) in [4.78, 5) is 0. The third-order valence-electron chi connectivity index (χ3n) is 2.64. The molecule has 3 N–H and O–H groups in total. The Hall–Kier alpha value is -0.120. The van der Waals surface area contributed by atoms with Crippen molar-refractivity contribution in [3.63, 3.8) is 0 Å². The van der Waals surface area contributed by atoms with E-state index < -0.39 is 5.60 Å². The van der Waals surface area contributed by atoms with Crippen LogP contribution in [0.2, 0.25) is 0 Å². The largest absolute Gasteiger partial charge is 0.387 e. The fourth-order valence-electron chi connectivity index (χ4n) is 1.96. The van der Waals surface area contributed by atoms with E-state index >= 15 is 0 Å². The first-order valence-electron chi connectivity index (χ1n) is 3.98. The molecule has 2 aliphatic heterocycles. The Kier molecular flexibility index (Phi) is 1.44. The van der Waals surface area contributed by atoms with Gasteiger partial charge in [0.1, 0.15) is 0 Å². The van der Waals surface area contributed by atoms with Crippen molar-refractivity contribution in [3.05, 3.63) is 0 Å². The van der Waals surface area contributed by atoms with Crippen LogP contribution in [-0.4, -0.2) is 36.4 Å². The highest BCUT2D eigenvalue weighted by Gasteiger charge is 2.42. The van der Waals surface area contributed by atoms with Gasteiger partial charge in [-0.05, 0) is 25.9 Å². The lowest BCUT2D eigenvalue weighted by atomic mass is 9.90. The second-order valence-electron chi connectivity index (χ2n) is 3.33. The van der Waals surface area contributed by atoms with Crippen molar-refractivity contribution in [2.45, 2.75) is 24.5 Å². The van der Waals surface area contributed by atoms with E-state index in [1.54, 1.807) is 0 Å². The van der Waals surface area contributed by atoms with Crippen molar-refractivity contribution in [2.24, 2.45) is 0 Å². The summed E-state index contributed by atoms with van der Waals surface area (Å²) in [5, 5.41) is 16.4. The third-order valence-corrected chi connectivity index (χ3v) is 2.64. The van der Waals surface area contributed by atoms with Gasteiger partial charge in [0.15, 0.2) is 0 Å². The van der Waals surface area contributed by atoms with Crippen LogP contribution in [0.5, 0.6) is 0 Å². The van der Waals surface area contributed by atoms with Crippen molar-refractivity contribution in [1.82, 2.24) is 10.6 Å². The van der Waals surface area contributed by atoms with Gasteiger partial charge in [0.2, 0.25) is 0 Å². The molecule has 0 aliphatic carbocycles. The molecule has 2 aliphatic rings. The summed E-state index contributed by atoms with van der Waals surface area (Å²) < 4.78 is 0. The lowest BCUT2D eigenvalue weighted by Crippen LogP contribution is -2.55. The van der Waals surface area contributed by atoms with Crippen LogP contribution in [0, 0.1) is 0 Å². The van der Waals surface area contributed by atoms with Crippen LogP contribution in [0.4, 0.5) is 0 Å².